The van der Waals surface area contributed by atoms with Gasteiger partial charge < -0.3 is 9.84 Å². The Hall–Kier alpha value is -0.0800. The third kappa shape index (κ3) is 4.73. The van der Waals surface area contributed by atoms with Crippen molar-refractivity contribution < 1.29 is 9.84 Å². The zero-order valence-corrected chi connectivity index (χ0v) is 8.98. The van der Waals surface area contributed by atoms with Gasteiger partial charge in [-0.2, -0.15) is 0 Å². The predicted molar refractivity (Wildman–Crippen MR) is 51.2 cm³/mol. The standard InChI is InChI=1S/C10H22O2/c1-6-9(3,4)12-8-10(5,11)7-2/h11H,6-8H2,1-5H3. The molecular formula is C10H22O2. The summed E-state index contributed by atoms with van der Waals surface area (Å²) in [6, 6.07) is 0. The highest BCUT2D eigenvalue weighted by atomic mass is 16.5. The van der Waals surface area contributed by atoms with Crippen LogP contribution in [0.15, 0.2) is 0 Å². The van der Waals surface area contributed by atoms with Gasteiger partial charge in [0.25, 0.3) is 0 Å². The van der Waals surface area contributed by atoms with Crippen LogP contribution in [0.5, 0.6) is 0 Å². The van der Waals surface area contributed by atoms with E-state index in [-0.39, 0.29) is 5.60 Å². The summed E-state index contributed by atoms with van der Waals surface area (Å²) in [5.74, 6) is 0. The Bertz CT molecular complexity index is 112. The quantitative estimate of drug-likeness (QED) is 0.693. The molecule has 0 aromatic rings. The molecule has 0 aliphatic rings. The molecule has 0 aromatic heterocycles. The number of hydrogen-bond acceptors (Lipinski definition) is 2. The maximum absolute atomic E-state index is 9.66. The molecule has 0 amide bonds. The molecule has 0 spiro atoms. The van der Waals surface area contributed by atoms with Crippen LogP contribution in [0, 0.1) is 0 Å². The lowest BCUT2D eigenvalue weighted by Gasteiger charge is -2.29. The Kier molecular flexibility index (Phi) is 4.21. The Morgan fingerprint density at radius 1 is 1.08 bits per heavy atom. The minimum absolute atomic E-state index is 0.112. The summed E-state index contributed by atoms with van der Waals surface area (Å²) in [6.45, 7) is 10.4. The van der Waals surface area contributed by atoms with Crippen LogP contribution in [0.2, 0.25) is 0 Å². The number of ether oxygens (including phenoxy) is 1. The number of rotatable bonds is 5. The molecule has 0 saturated carbocycles. The Morgan fingerprint density at radius 3 is 1.92 bits per heavy atom. The van der Waals surface area contributed by atoms with Gasteiger partial charge in [0, 0.05) is 0 Å². The lowest BCUT2D eigenvalue weighted by molar-refractivity contribution is -0.100. The second kappa shape index (κ2) is 4.24. The van der Waals surface area contributed by atoms with Gasteiger partial charge in [0.2, 0.25) is 0 Å². The summed E-state index contributed by atoms with van der Waals surface area (Å²) in [5, 5.41) is 9.66. The normalized spacial score (nSPS) is 17.5. The van der Waals surface area contributed by atoms with Crippen molar-refractivity contribution in [3.05, 3.63) is 0 Å². The lowest BCUT2D eigenvalue weighted by Crippen LogP contribution is -2.35. The smallest absolute Gasteiger partial charge is 0.0849 e. The Balaban J connectivity index is 3.82. The summed E-state index contributed by atoms with van der Waals surface area (Å²) in [7, 11) is 0. The van der Waals surface area contributed by atoms with E-state index in [4.69, 9.17) is 4.74 Å². The van der Waals surface area contributed by atoms with Crippen molar-refractivity contribution in [2.24, 2.45) is 0 Å². The zero-order valence-electron chi connectivity index (χ0n) is 8.98. The average Bonchev–Trinajstić information content (AvgIpc) is 2.02. The van der Waals surface area contributed by atoms with Gasteiger partial charge in [0.15, 0.2) is 0 Å². The number of hydrogen-bond donors (Lipinski definition) is 1. The molecule has 0 aliphatic heterocycles. The minimum Gasteiger partial charge on any atom is -0.388 e. The molecule has 0 aliphatic carbocycles. The van der Waals surface area contributed by atoms with E-state index in [0.29, 0.717) is 6.61 Å². The van der Waals surface area contributed by atoms with Crippen molar-refractivity contribution in [2.75, 3.05) is 6.61 Å². The fraction of sp³-hybridized carbons (Fsp3) is 1.00. The summed E-state index contributed by atoms with van der Waals surface area (Å²) in [6.07, 6.45) is 1.69. The van der Waals surface area contributed by atoms with Crippen LogP contribution in [-0.4, -0.2) is 22.9 Å². The van der Waals surface area contributed by atoms with E-state index in [1.54, 1.807) is 6.92 Å². The van der Waals surface area contributed by atoms with Gasteiger partial charge in [-0.25, -0.2) is 0 Å². The average molecular weight is 174 g/mol. The van der Waals surface area contributed by atoms with E-state index in [1.165, 1.54) is 0 Å². The fourth-order valence-electron chi connectivity index (χ4n) is 0.555. The summed E-state index contributed by atoms with van der Waals surface area (Å²) >= 11 is 0. The highest BCUT2D eigenvalue weighted by Gasteiger charge is 2.23. The largest absolute Gasteiger partial charge is 0.388 e. The topological polar surface area (TPSA) is 29.5 Å². The molecule has 12 heavy (non-hydrogen) atoms. The van der Waals surface area contributed by atoms with Gasteiger partial charge in [-0.3, -0.25) is 0 Å². The molecule has 0 rings (SSSR count). The van der Waals surface area contributed by atoms with Gasteiger partial charge in [0.1, 0.15) is 0 Å². The van der Waals surface area contributed by atoms with Crippen molar-refractivity contribution in [1.82, 2.24) is 0 Å². The van der Waals surface area contributed by atoms with E-state index < -0.39 is 5.60 Å². The summed E-state index contributed by atoms with van der Waals surface area (Å²) < 4.78 is 5.58. The van der Waals surface area contributed by atoms with Crippen molar-refractivity contribution in [1.29, 1.82) is 0 Å². The van der Waals surface area contributed by atoms with Crippen LogP contribution in [-0.2, 0) is 4.74 Å². The molecule has 1 atom stereocenters. The highest BCUT2D eigenvalue weighted by molar-refractivity contribution is 4.73. The van der Waals surface area contributed by atoms with Crippen molar-refractivity contribution >= 4 is 0 Å². The van der Waals surface area contributed by atoms with E-state index in [2.05, 4.69) is 6.92 Å². The first-order valence-electron chi connectivity index (χ1n) is 4.69. The van der Waals surface area contributed by atoms with Gasteiger partial charge in [-0.15, -0.1) is 0 Å². The highest BCUT2D eigenvalue weighted by Crippen LogP contribution is 2.18. The van der Waals surface area contributed by atoms with Crippen LogP contribution in [0.25, 0.3) is 0 Å². The maximum Gasteiger partial charge on any atom is 0.0849 e. The van der Waals surface area contributed by atoms with Gasteiger partial charge in [-0.1, -0.05) is 13.8 Å². The maximum atomic E-state index is 9.66. The van der Waals surface area contributed by atoms with Crippen LogP contribution in [0.4, 0.5) is 0 Å². The molecule has 0 heterocycles. The van der Waals surface area contributed by atoms with Gasteiger partial charge in [-0.05, 0) is 33.6 Å². The van der Waals surface area contributed by atoms with Gasteiger partial charge >= 0.3 is 0 Å². The Labute approximate surface area is 75.9 Å². The summed E-state index contributed by atoms with van der Waals surface area (Å²) in [5.41, 5.74) is -0.786. The van der Waals surface area contributed by atoms with Crippen molar-refractivity contribution in [3.8, 4) is 0 Å². The first-order chi connectivity index (χ1) is 5.33. The Morgan fingerprint density at radius 2 is 1.58 bits per heavy atom. The molecule has 0 radical (unpaired) electrons. The zero-order chi connectivity index (χ0) is 9.83. The first kappa shape index (κ1) is 11.9. The molecule has 0 fully saturated rings. The molecule has 0 saturated heterocycles. The second-order valence-electron chi connectivity index (χ2n) is 4.25. The van der Waals surface area contributed by atoms with Crippen molar-refractivity contribution in [3.63, 3.8) is 0 Å². The molecule has 0 bridgehead atoms. The fourth-order valence-corrected chi connectivity index (χ4v) is 0.555. The SMILES string of the molecule is CCC(C)(O)COC(C)(C)CC. The molecule has 2 nitrogen and oxygen atoms in total. The second-order valence-corrected chi connectivity index (χ2v) is 4.25. The van der Waals surface area contributed by atoms with Crippen LogP contribution < -0.4 is 0 Å². The first-order valence-corrected chi connectivity index (χ1v) is 4.69. The van der Waals surface area contributed by atoms with Crippen LogP contribution in [0.1, 0.15) is 47.5 Å². The molecule has 1 unspecified atom stereocenters. The molecule has 1 N–H and O–H groups in total. The van der Waals surface area contributed by atoms with E-state index in [9.17, 15) is 5.11 Å². The van der Waals surface area contributed by atoms with Crippen LogP contribution >= 0.6 is 0 Å². The molecular weight excluding hydrogens is 152 g/mol. The van der Waals surface area contributed by atoms with E-state index in [1.807, 2.05) is 20.8 Å². The van der Waals surface area contributed by atoms with Crippen molar-refractivity contribution in [2.45, 2.75) is 58.7 Å². The van der Waals surface area contributed by atoms with E-state index >= 15 is 0 Å². The molecule has 0 aromatic carbocycles. The molecule has 2 heteroatoms. The van der Waals surface area contributed by atoms with Gasteiger partial charge in [0.05, 0.1) is 17.8 Å². The monoisotopic (exact) mass is 174 g/mol. The number of aliphatic hydroxyl groups is 1. The third-order valence-electron chi connectivity index (χ3n) is 2.39. The summed E-state index contributed by atoms with van der Waals surface area (Å²) in [4.78, 5) is 0. The minimum atomic E-state index is -0.674. The lowest BCUT2D eigenvalue weighted by atomic mass is 10.0. The van der Waals surface area contributed by atoms with E-state index in [0.717, 1.165) is 12.8 Å². The third-order valence-corrected chi connectivity index (χ3v) is 2.39. The predicted octanol–water partition coefficient (Wildman–Crippen LogP) is 2.35. The van der Waals surface area contributed by atoms with Crippen LogP contribution in [0.3, 0.4) is 0 Å². The molecule has 74 valence electrons.